The zero-order valence-electron chi connectivity index (χ0n) is 16.2. The Morgan fingerprint density at radius 3 is 2.64 bits per heavy atom. The third kappa shape index (κ3) is 3.96. The topological polar surface area (TPSA) is 54.9 Å². The van der Waals surface area contributed by atoms with E-state index in [1.54, 1.807) is 0 Å². The molecule has 142 valence electrons. The van der Waals surface area contributed by atoms with Crippen molar-refractivity contribution >= 4 is 16.8 Å². The fraction of sp³-hybridized carbons (Fsp3) is 0.292. The second-order valence-electron chi connectivity index (χ2n) is 7.42. The molecule has 0 spiro atoms. The Hall–Kier alpha value is -3.01. The van der Waals surface area contributed by atoms with Crippen molar-refractivity contribution in [2.24, 2.45) is 0 Å². The lowest BCUT2D eigenvalue weighted by atomic mass is 9.97. The predicted octanol–water partition coefficient (Wildman–Crippen LogP) is 5.23. The number of carbonyl (C=O) groups excluding carboxylic acids is 1. The first-order valence-electron chi connectivity index (χ1n) is 10.0. The van der Waals surface area contributed by atoms with Gasteiger partial charge in [0.1, 0.15) is 5.69 Å². The lowest BCUT2D eigenvalue weighted by molar-refractivity contribution is 0.0956. The summed E-state index contributed by atoms with van der Waals surface area (Å²) in [6.07, 6.45) is 8.11. The van der Waals surface area contributed by atoms with Crippen LogP contribution in [0.1, 0.15) is 48.0 Å². The normalized spacial score (nSPS) is 14.0. The van der Waals surface area contributed by atoms with Gasteiger partial charge in [0.15, 0.2) is 0 Å². The van der Waals surface area contributed by atoms with Crippen molar-refractivity contribution in [1.29, 1.82) is 0 Å². The predicted molar refractivity (Wildman–Crippen MR) is 113 cm³/mol. The maximum atomic E-state index is 13.2. The quantitative estimate of drug-likeness (QED) is 0.625. The highest BCUT2D eigenvalue weighted by molar-refractivity contribution is 6.10. The zero-order valence-corrected chi connectivity index (χ0v) is 16.2. The van der Waals surface area contributed by atoms with Crippen molar-refractivity contribution < 1.29 is 4.79 Å². The van der Waals surface area contributed by atoms with Crippen molar-refractivity contribution in [3.8, 4) is 11.3 Å². The van der Waals surface area contributed by atoms with Crippen LogP contribution in [-0.4, -0.2) is 22.6 Å². The molecule has 0 radical (unpaired) electrons. The van der Waals surface area contributed by atoms with Gasteiger partial charge in [-0.15, -0.1) is 10.2 Å². The van der Waals surface area contributed by atoms with E-state index in [0.717, 1.165) is 29.3 Å². The highest BCUT2D eigenvalue weighted by Crippen LogP contribution is 2.27. The van der Waals surface area contributed by atoms with Crippen molar-refractivity contribution in [3.05, 3.63) is 71.3 Å². The highest BCUT2D eigenvalue weighted by Gasteiger charge is 2.19. The summed E-state index contributed by atoms with van der Waals surface area (Å²) in [7, 11) is 0. The van der Waals surface area contributed by atoms with Gasteiger partial charge >= 0.3 is 0 Å². The molecule has 1 aliphatic carbocycles. The molecule has 0 bridgehead atoms. The average Bonchev–Trinajstić information content (AvgIpc) is 2.74. The molecular formula is C24H25N3O. The first kappa shape index (κ1) is 18.4. The number of aryl methyl sites for hydroxylation is 1. The van der Waals surface area contributed by atoms with E-state index in [9.17, 15) is 4.79 Å². The number of hydrogen-bond donors (Lipinski definition) is 1. The first-order chi connectivity index (χ1) is 13.7. The van der Waals surface area contributed by atoms with Gasteiger partial charge in [0.25, 0.3) is 5.91 Å². The molecule has 0 unspecified atom stereocenters. The van der Waals surface area contributed by atoms with E-state index in [4.69, 9.17) is 0 Å². The molecule has 1 heterocycles. The Labute approximate surface area is 165 Å². The number of carbonyl (C=O) groups is 1. The number of nitrogens with one attached hydrogen (secondary N) is 1. The summed E-state index contributed by atoms with van der Waals surface area (Å²) >= 11 is 0. The number of nitrogens with zero attached hydrogens (tertiary/aromatic N) is 2. The molecular weight excluding hydrogens is 346 g/mol. The standard InChI is InChI=1S/C24H25N3O/c1-17-11-13-19(14-12-17)23-22(20-9-5-6-10-21(20)26-27-23)24(28)25-16-15-18-7-3-2-4-8-18/h5-7,9-14H,2-4,8,15-16H2,1H3,(H,25,28). The van der Waals surface area contributed by atoms with Crippen LogP contribution in [-0.2, 0) is 0 Å². The van der Waals surface area contributed by atoms with Gasteiger partial charge in [-0.05, 0) is 45.1 Å². The molecule has 0 aliphatic heterocycles. The fourth-order valence-corrected chi connectivity index (χ4v) is 3.75. The number of rotatable bonds is 5. The third-order valence-electron chi connectivity index (χ3n) is 5.34. The molecule has 1 aromatic heterocycles. The number of aromatic nitrogens is 2. The Kier molecular flexibility index (Phi) is 5.47. The summed E-state index contributed by atoms with van der Waals surface area (Å²) < 4.78 is 0. The van der Waals surface area contributed by atoms with Crippen LogP contribution < -0.4 is 5.32 Å². The maximum absolute atomic E-state index is 13.2. The van der Waals surface area contributed by atoms with E-state index in [2.05, 4.69) is 21.6 Å². The minimum absolute atomic E-state index is 0.0851. The van der Waals surface area contributed by atoms with Gasteiger partial charge in [-0.1, -0.05) is 59.7 Å². The molecule has 4 rings (SSSR count). The monoisotopic (exact) mass is 371 g/mol. The Balaban J connectivity index is 1.65. The zero-order chi connectivity index (χ0) is 19.3. The van der Waals surface area contributed by atoms with Gasteiger partial charge in [0, 0.05) is 17.5 Å². The summed E-state index contributed by atoms with van der Waals surface area (Å²) in [6, 6.07) is 15.7. The van der Waals surface area contributed by atoms with Gasteiger partial charge in [-0.2, -0.15) is 0 Å². The maximum Gasteiger partial charge on any atom is 0.254 e. The lowest BCUT2D eigenvalue weighted by Gasteiger charge is -2.14. The number of amides is 1. The SMILES string of the molecule is Cc1ccc(-c2nnc3ccccc3c2C(=O)NCCC2=CCCCC2)cc1. The molecule has 4 heteroatoms. The summed E-state index contributed by atoms with van der Waals surface area (Å²) in [5, 5.41) is 12.7. The molecule has 0 atom stereocenters. The third-order valence-corrected chi connectivity index (χ3v) is 5.34. The summed E-state index contributed by atoms with van der Waals surface area (Å²) in [6.45, 7) is 2.69. The molecule has 4 nitrogen and oxygen atoms in total. The van der Waals surface area contributed by atoms with Gasteiger partial charge in [-0.3, -0.25) is 4.79 Å². The Bertz CT molecular complexity index is 1020. The van der Waals surface area contributed by atoms with Gasteiger partial charge in [0.2, 0.25) is 0 Å². The summed E-state index contributed by atoms with van der Waals surface area (Å²) in [5.41, 5.74) is 5.51. The molecule has 3 aromatic rings. The van der Waals surface area contributed by atoms with Gasteiger partial charge in [-0.25, -0.2) is 0 Å². The second-order valence-corrected chi connectivity index (χ2v) is 7.42. The number of hydrogen-bond acceptors (Lipinski definition) is 3. The minimum Gasteiger partial charge on any atom is -0.352 e. The van der Waals surface area contributed by atoms with Crippen molar-refractivity contribution in [1.82, 2.24) is 15.5 Å². The van der Waals surface area contributed by atoms with E-state index in [-0.39, 0.29) is 5.91 Å². The Morgan fingerprint density at radius 2 is 1.86 bits per heavy atom. The first-order valence-corrected chi connectivity index (χ1v) is 10.0. The Morgan fingerprint density at radius 1 is 1.04 bits per heavy atom. The van der Waals surface area contributed by atoms with E-state index in [1.165, 1.54) is 30.4 Å². The number of benzene rings is 2. The fourth-order valence-electron chi connectivity index (χ4n) is 3.75. The van der Waals surface area contributed by atoms with Crippen LogP contribution in [0.15, 0.2) is 60.2 Å². The van der Waals surface area contributed by atoms with Crippen molar-refractivity contribution in [3.63, 3.8) is 0 Å². The minimum atomic E-state index is -0.0851. The molecule has 0 saturated carbocycles. The van der Waals surface area contributed by atoms with Gasteiger partial charge < -0.3 is 5.32 Å². The molecule has 0 fully saturated rings. The van der Waals surface area contributed by atoms with Crippen molar-refractivity contribution in [2.45, 2.75) is 39.0 Å². The van der Waals surface area contributed by atoms with E-state index >= 15 is 0 Å². The molecule has 1 N–H and O–H groups in total. The molecule has 28 heavy (non-hydrogen) atoms. The molecule has 2 aromatic carbocycles. The van der Waals surface area contributed by atoms with E-state index < -0.39 is 0 Å². The summed E-state index contributed by atoms with van der Waals surface area (Å²) in [4.78, 5) is 13.2. The van der Waals surface area contributed by atoms with E-state index in [0.29, 0.717) is 17.8 Å². The van der Waals surface area contributed by atoms with E-state index in [1.807, 2.05) is 55.5 Å². The number of fused-ring (bicyclic) bond motifs is 1. The lowest BCUT2D eigenvalue weighted by Crippen LogP contribution is -2.26. The molecule has 0 saturated heterocycles. The highest BCUT2D eigenvalue weighted by atomic mass is 16.1. The van der Waals surface area contributed by atoms with Gasteiger partial charge in [0.05, 0.1) is 11.1 Å². The van der Waals surface area contributed by atoms with Crippen LogP contribution in [0.25, 0.3) is 22.2 Å². The van der Waals surface area contributed by atoms with Crippen molar-refractivity contribution in [2.75, 3.05) is 6.54 Å². The number of allylic oxidation sites excluding steroid dienone is 1. The molecule has 1 aliphatic rings. The second kappa shape index (κ2) is 8.34. The smallest absolute Gasteiger partial charge is 0.254 e. The van der Waals surface area contributed by atoms with Crippen LogP contribution >= 0.6 is 0 Å². The van der Waals surface area contributed by atoms with Crippen LogP contribution in [0.2, 0.25) is 0 Å². The summed E-state index contributed by atoms with van der Waals surface area (Å²) in [5.74, 6) is -0.0851. The average molecular weight is 371 g/mol. The van der Waals surface area contributed by atoms with Crippen LogP contribution in [0.3, 0.4) is 0 Å². The van der Waals surface area contributed by atoms with Crippen LogP contribution in [0.4, 0.5) is 0 Å². The molecule has 1 amide bonds. The largest absolute Gasteiger partial charge is 0.352 e. The van der Waals surface area contributed by atoms with Crippen LogP contribution in [0.5, 0.6) is 0 Å². The van der Waals surface area contributed by atoms with Crippen LogP contribution in [0, 0.1) is 6.92 Å².